The average Bonchev–Trinajstić information content (AvgIpc) is 3.18. The third-order valence-corrected chi connectivity index (χ3v) is 6.87. The Balaban J connectivity index is 1.48. The Bertz CT molecular complexity index is 1010. The summed E-state index contributed by atoms with van der Waals surface area (Å²) in [5.74, 6) is 0.178. The van der Waals surface area contributed by atoms with Gasteiger partial charge in [0.1, 0.15) is 29.2 Å². The predicted molar refractivity (Wildman–Crippen MR) is 112 cm³/mol. The van der Waals surface area contributed by atoms with E-state index in [1.807, 2.05) is 6.92 Å². The van der Waals surface area contributed by atoms with Crippen molar-refractivity contribution < 1.29 is 14.2 Å². The summed E-state index contributed by atoms with van der Waals surface area (Å²) in [4.78, 5) is 5.87. The zero-order valence-electron chi connectivity index (χ0n) is 15.3. The number of benzene rings is 1. The van der Waals surface area contributed by atoms with Crippen molar-refractivity contribution >= 4 is 43.6 Å². The molecule has 7 N–H and O–H groups in total. The Hall–Kier alpha value is -1.98. The number of nitrogen functional groups attached to an aromatic ring is 1. The largest absolute Gasteiger partial charge is 0.491 e. The van der Waals surface area contributed by atoms with Crippen LogP contribution in [0, 0.1) is 12.7 Å². The van der Waals surface area contributed by atoms with Crippen LogP contribution < -0.4 is 26.8 Å². The first-order chi connectivity index (χ1) is 13.5. The number of anilines is 2. The van der Waals surface area contributed by atoms with Gasteiger partial charge in [0.15, 0.2) is 0 Å². The van der Waals surface area contributed by atoms with Crippen molar-refractivity contribution in [2.75, 3.05) is 30.7 Å². The van der Waals surface area contributed by atoms with Gasteiger partial charge in [-0.1, -0.05) is 0 Å². The molecule has 0 amide bonds. The van der Waals surface area contributed by atoms with Gasteiger partial charge in [-0.2, -0.15) is 0 Å². The maximum atomic E-state index is 14.5. The summed E-state index contributed by atoms with van der Waals surface area (Å²) in [5, 5.41) is 17.7. The van der Waals surface area contributed by atoms with E-state index in [9.17, 15) is 9.50 Å². The second kappa shape index (κ2) is 7.80. The molecule has 1 aromatic carbocycles. The van der Waals surface area contributed by atoms with Crippen LogP contribution in [0.1, 0.15) is 21.7 Å². The van der Waals surface area contributed by atoms with Crippen molar-refractivity contribution in [3.05, 3.63) is 33.4 Å². The zero-order valence-corrected chi connectivity index (χ0v) is 16.9. The molecule has 3 heterocycles. The lowest BCUT2D eigenvalue weighted by Crippen LogP contribution is -2.41. The Morgan fingerprint density at radius 2 is 2.25 bits per heavy atom. The molecule has 10 heteroatoms. The van der Waals surface area contributed by atoms with E-state index >= 15 is 0 Å². The number of thiazole rings is 1. The lowest BCUT2D eigenvalue weighted by Gasteiger charge is -2.28. The van der Waals surface area contributed by atoms with Crippen LogP contribution in [0.25, 0.3) is 9.53 Å². The van der Waals surface area contributed by atoms with Gasteiger partial charge in [0.2, 0.25) is 0 Å². The fourth-order valence-electron chi connectivity index (χ4n) is 3.28. The number of aryl methyl sites for hydroxylation is 1. The minimum Gasteiger partial charge on any atom is -0.491 e. The van der Waals surface area contributed by atoms with Crippen molar-refractivity contribution in [1.29, 1.82) is 0 Å². The number of hydrogen-bond donors (Lipinski definition) is 5. The van der Waals surface area contributed by atoms with Gasteiger partial charge in [-0.25, -0.2) is 9.37 Å². The number of thiophene rings is 1. The van der Waals surface area contributed by atoms with Gasteiger partial charge in [0.05, 0.1) is 20.3 Å². The number of nitrogens with zero attached hydrogens (tertiary/aromatic N) is 1. The molecule has 0 fully saturated rings. The fraction of sp³-hybridized carbons (Fsp3) is 0.389. The SMILES string of the molecule is Cc1nc2sc(C(O)N[C@H]3COc4cc(NCCN)cc(F)c4C3)c(N)c2s1. The Labute approximate surface area is 169 Å². The van der Waals surface area contributed by atoms with Crippen LogP contribution in [0.5, 0.6) is 5.75 Å². The summed E-state index contributed by atoms with van der Waals surface area (Å²) in [6.45, 7) is 3.26. The minimum atomic E-state index is -0.963. The highest BCUT2D eigenvalue weighted by atomic mass is 32.1. The van der Waals surface area contributed by atoms with Crippen molar-refractivity contribution in [1.82, 2.24) is 10.3 Å². The molecule has 7 nitrogen and oxygen atoms in total. The summed E-state index contributed by atoms with van der Waals surface area (Å²) in [5.41, 5.74) is 13.3. The molecule has 4 rings (SSSR count). The standard InChI is InChI=1S/C18H22FN5O2S2/c1-8-23-18-16(27-8)14(21)15(28-18)17(25)24-10-4-11-12(19)5-9(22-3-2-20)6-13(11)26-7-10/h5-6,10,17,22,24-25H,2-4,7,20-21H2,1H3/t10-,17?/m1/s1. The average molecular weight is 424 g/mol. The van der Waals surface area contributed by atoms with Gasteiger partial charge in [0, 0.05) is 36.4 Å². The minimum absolute atomic E-state index is 0.242. The number of aliphatic hydroxyl groups is 1. The van der Waals surface area contributed by atoms with Crippen LogP contribution in [0.4, 0.5) is 15.8 Å². The van der Waals surface area contributed by atoms with E-state index in [1.54, 1.807) is 6.07 Å². The lowest BCUT2D eigenvalue weighted by molar-refractivity contribution is 0.106. The van der Waals surface area contributed by atoms with E-state index in [2.05, 4.69) is 15.6 Å². The molecule has 28 heavy (non-hydrogen) atoms. The fourth-order valence-corrected chi connectivity index (χ4v) is 5.42. The third-order valence-electron chi connectivity index (χ3n) is 4.58. The van der Waals surface area contributed by atoms with E-state index in [1.165, 1.54) is 28.7 Å². The van der Waals surface area contributed by atoms with Gasteiger partial charge in [-0.15, -0.1) is 22.7 Å². The number of nitrogens with two attached hydrogens (primary N) is 2. The highest BCUT2D eigenvalue weighted by molar-refractivity contribution is 7.28. The first-order valence-electron chi connectivity index (χ1n) is 8.94. The molecule has 1 unspecified atom stereocenters. The predicted octanol–water partition coefficient (Wildman–Crippen LogP) is 2.34. The summed E-state index contributed by atoms with van der Waals surface area (Å²) < 4.78 is 21.2. The molecule has 150 valence electrons. The molecule has 0 bridgehead atoms. The number of halogens is 1. The zero-order chi connectivity index (χ0) is 19.8. The van der Waals surface area contributed by atoms with Crippen molar-refractivity contribution in [2.45, 2.75) is 25.6 Å². The van der Waals surface area contributed by atoms with Crippen LogP contribution in [0.15, 0.2) is 12.1 Å². The summed E-state index contributed by atoms with van der Waals surface area (Å²) in [6, 6.07) is 2.98. The second-order valence-electron chi connectivity index (χ2n) is 6.68. The number of hydrogen-bond acceptors (Lipinski definition) is 9. The summed E-state index contributed by atoms with van der Waals surface area (Å²) >= 11 is 2.88. The maximum absolute atomic E-state index is 14.5. The van der Waals surface area contributed by atoms with Crippen molar-refractivity contribution in [2.24, 2.45) is 5.73 Å². The van der Waals surface area contributed by atoms with Crippen LogP contribution in [0.3, 0.4) is 0 Å². The Morgan fingerprint density at radius 1 is 1.43 bits per heavy atom. The molecule has 2 atom stereocenters. The third kappa shape index (κ3) is 3.65. The number of ether oxygens (including phenoxy) is 1. The topological polar surface area (TPSA) is 118 Å². The van der Waals surface area contributed by atoms with E-state index in [4.69, 9.17) is 16.2 Å². The lowest BCUT2D eigenvalue weighted by atomic mass is 10.0. The smallest absolute Gasteiger partial charge is 0.142 e. The first-order valence-corrected chi connectivity index (χ1v) is 10.6. The highest BCUT2D eigenvalue weighted by Gasteiger charge is 2.27. The van der Waals surface area contributed by atoms with Gasteiger partial charge in [-0.05, 0) is 19.4 Å². The van der Waals surface area contributed by atoms with E-state index in [-0.39, 0.29) is 11.9 Å². The van der Waals surface area contributed by atoms with E-state index in [0.29, 0.717) is 53.7 Å². The second-order valence-corrected chi connectivity index (χ2v) is 8.91. The van der Waals surface area contributed by atoms with Gasteiger partial charge >= 0.3 is 0 Å². The normalized spacial score (nSPS) is 17.4. The first kappa shape index (κ1) is 19.3. The van der Waals surface area contributed by atoms with E-state index < -0.39 is 6.23 Å². The number of nitrogens with one attached hydrogen (secondary N) is 2. The number of aromatic nitrogens is 1. The Kier molecular flexibility index (Phi) is 5.39. The number of rotatable bonds is 6. The maximum Gasteiger partial charge on any atom is 0.142 e. The van der Waals surface area contributed by atoms with Crippen molar-refractivity contribution in [3.8, 4) is 5.75 Å². The molecule has 0 spiro atoms. The van der Waals surface area contributed by atoms with Gasteiger partial charge < -0.3 is 26.6 Å². The molecule has 0 saturated heterocycles. The molecule has 2 aromatic heterocycles. The molecule has 1 aliphatic rings. The van der Waals surface area contributed by atoms with Gasteiger partial charge in [-0.3, -0.25) is 5.32 Å². The molecule has 0 aliphatic carbocycles. The van der Waals surface area contributed by atoms with Crippen LogP contribution >= 0.6 is 22.7 Å². The molecule has 0 saturated carbocycles. The Morgan fingerprint density at radius 3 is 3.00 bits per heavy atom. The molecule has 1 aliphatic heterocycles. The monoisotopic (exact) mass is 423 g/mol. The van der Waals surface area contributed by atoms with Crippen LogP contribution in [-0.4, -0.2) is 35.8 Å². The molecule has 0 radical (unpaired) electrons. The quantitative estimate of drug-likeness (QED) is 0.386. The highest BCUT2D eigenvalue weighted by Crippen LogP contribution is 2.40. The number of aliphatic hydroxyl groups excluding tert-OH is 1. The summed E-state index contributed by atoms with van der Waals surface area (Å²) in [7, 11) is 0. The molecular weight excluding hydrogens is 401 g/mol. The molecule has 3 aromatic rings. The van der Waals surface area contributed by atoms with Crippen LogP contribution in [0.2, 0.25) is 0 Å². The number of fused-ring (bicyclic) bond motifs is 2. The molecular formula is C18H22FN5O2S2. The van der Waals surface area contributed by atoms with E-state index in [0.717, 1.165) is 14.5 Å². The van der Waals surface area contributed by atoms with Crippen LogP contribution in [-0.2, 0) is 6.42 Å². The van der Waals surface area contributed by atoms with Gasteiger partial charge in [0.25, 0.3) is 0 Å². The summed E-state index contributed by atoms with van der Waals surface area (Å²) in [6.07, 6.45) is -0.553. The van der Waals surface area contributed by atoms with Crippen molar-refractivity contribution in [3.63, 3.8) is 0 Å².